The molecule has 0 bridgehead atoms. The van der Waals surface area contributed by atoms with E-state index in [1.165, 1.54) is 5.56 Å². The predicted molar refractivity (Wildman–Crippen MR) is 112 cm³/mol. The van der Waals surface area contributed by atoms with E-state index in [9.17, 15) is 0 Å². The number of ether oxygens (including phenoxy) is 2. The second kappa shape index (κ2) is 10.3. The first-order chi connectivity index (χ1) is 13.4. The molecule has 0 spiro atoms. The van der Waals surface area contributed by atoms with Crippen molar-refractivity contribution in [2.24, 2.45) is 0 Å². The molecule has 0 atom stereocenters. The summed E-state index contributed by atoms with van der Waals surface area (Å²) in [6.45, 7) is 4.06. The van der Waals surface area contributed by atoms with Gasteiger partial charge in [0.2, 0.25) is 0 Å². The molecule has 3 nitrogen and oxygen atoms in total. The van der Waals surface area contributed by atoms with Crippen molar-refractivity contribution >= 4 is 5.69 Å². The van der Waals surface area contributed by atoms with Crippen LogP contribution in [-0.4, -0.2) is 13.2 Å². The minimum absolute atomic E-state index is 0.665. The molecule has 0 fully saturated rings. The first kappa shape index (κ1) is 18.8. The summed E-state index contributed by atoms with van der Waals surface area (Å²) in [6.07, 6.45) is 2.02. The summed E-state index contributed by atoms with van der Waals surface area (Å²) in [6, 6.07) is 26.7. The molecule has 0 amide bonds. The number of para-hydroxylation sites is 3. The van der Waals surface area contributed by atoms with E-state index in [2.05, 4.69) is 41.7 Å². The Morgan fingerprint density at radius 3 is 2.26 bits per heavy atom. The van der Waals surface area contributed by atoms with Gasteiger partial charge in [-0.25, -0.2) is 0 Å². The van der Waals surface area contributed by atoms with Crippen LogP contribution in [0.2, 0.25) is 0 Å². The van der Waals surface area contributed by atoms with Gasteiger partial charge in [-0.3, -0.25) is 0 Å². The van der Waals surface area contributed by atoms with E-state index >= 15 is 0 Å². The molecule has 3 aromatic rings. The molecule has 140 valence electrons. The molecule has 0 radical (unpaired) electrons. The second-order valence-electron chi connectivity index (χ2n) is 6.33. The van der Waals surface area contributed by atoms with Crippen molar-refractivity contribution in [3.05, 3.63) is 90.0 Å². The van der Waals surface area contributed by atoms with Gasteiger partial charge in [-0.2, -0.15) is 0 Å². The van der Waals surface area contributed by atoms with Gasteiger partial charge in [-0.15, -0.1) is 0 Å². The minimum atomic E-state index is 0.665. The number of benzene rings is 3. The van der Waals surface area contributed by atoms with E-state index in [-0.39, 0.29) is 0 Å². The second-order valence-corrected chi connectivity index (χ2v) is 6.33. The highest BCUT2D eigenvalue weighted by Gasteiger charge is 2.06. The number of hydrogen-bond donors (Lipinski definition) is 1. The number of nitrogens with one attached hydrogen (secondary N) is 1. The lowest BCUT2D eigenvalue weighted by Crippen LogP contribution is -2.06. The first-order valence-electron chi connectivity index (χ1n) is 9.57. The highest BCUT2D eigenvalue weighted by atomic mass is 16.5. The van der Waals surface area contributed by atoms with Crippen LogP contribution in [0.25, 0.3) is 0 Å². The number of rotatable bonds is 10. The normalized spacial score (nSPS) is 10.4. The molecule has 0 saturated carbocycles. The highest BCUT2D eigenvalue weighted by Crippen LogP contribution is 2.26. The van der Waals surface area contributed by atoms with E-state index in [0.29, 0.717) is 19.8 Å². The Balaban J connectivity index is 1.54. The molecule has 0 heterocycles. The SMILES string of the molecule is CCOc1ccccc1CNc1ccccc1OCCCc1ccccc1. The fourth-order valence-electron chi connectivity index (χ4n) is 2.98. The summed E-state index contributed by atoms with van der Waals surface area (Å²) in [5.74, 6) is 1.81. The lowest BCUT2D eigenvalue weighted by atomic mass is 10.1. The number of aryl methyl sites for hydroxylation is 1. The van der Waals surface area contributed by atoms with E-state index < -0.39 is 0 Å². The van der Waals surface area contributed by atoms with Gasteiger partial charge >= 0.3 is 0 Å². The maximum Gasteiger partial charge on any atom is 0.142 e. The average molecular weight is 361 g/mol. The zero-order chi connectivity index (χ0) is 18.7. The fraction of sp³-hybridized carbons (Fsp3) is 0.250. The third-order valence-corrected chi connectivity index (χ3v) is 4.34. The van der Waals surface area contributed by atoms with Crippen LogP contribution < -0.4 is 14.8 Å². The van der Waals surface area contributed by atoms with Crippen LogP contribution in [0, 0.1) is 0 Å². The molecule has 0 unspecified atom stereocenters. The smallest absolute Gasteiger partial charge is 0.142 e. The Labute approximate surface area is 162 Å². The zero-order valence-electron chi connectivity index (χ0n) is 15.9. The third kappa shape index (κ3) is 5.78. The molecule has 0 aliphatic rings. The average Bonchev–Trinajstić information content (AvgIpc) is 2.72. The zero-order valence-corrected chi connectivity index (χ0v) is 15.9. The van der Waals surface area contributed by atoms with Crippen molar-refractivity contribution in [2.45, 2.75) is 26.3 Å². The molecule has 27 heavy (non-hydrogen) atoms. The van der Waals surface area contributed by atoms with Crippen molar-refractivity contribution < 1.29 is 9.47 Å². The van der Waals surface area contributed by atoms with E-state index in [4.69, 9.17) is 9.47 Å². The van der Waals surface area contributed by atoms with Crippen LogP contribution >= 0.6 is 0 Å². The third-order valence-electron chi connectivity index (χ3n) is 4.34. The lowest BCUT2D eigenvalue weighted by Gasteiger charge is -2.15. The minimum Gasteiger partial charge on any atom is -0.494 e. The van der Waals surface area contributed by atoms with Crippen molar-refractivity contribution in [1.29, 1.82) is 0 Å². The molecule has 3 aromatic carbocycles. The van der Waals surface area contributed by atoms with Gasteiger partial charge in [-0.1, -0.05) is 60.7 Å². The molecule has 0 aromatic heterocycles. The van der Waals surface area contributed by atoms with Crippen molar-refractivity contribution in [2.75, 3.05) is 18.5 Å². The molecule has 0 aliphatic heterocycles. The van der Waals surface area contributed by atoms with Gasteiger partial charge in [0, 0.05) is 12.1 Å². The topological polar surface area (TPSA) is 30.5 Å². The van der Waals surface area contributed by atoms with Crippen LogP contribution in [0.1, 0.15) is 24.5 Å². The van der Waals surface area contributed by atoms with Gasteiger partial charge in [0.25, 0.3) is 0 Å². The van der Waals surface area contributed by atoms with Gasteiger partial charge in [0.05, 0.1) is 18.9 Å². The Bertz CT molecular complexity index is 817. The van der Waals surface area contributed by atoms with Gasteiger partial charge < -0.3 is 14.8 Å². The highest BCUT2D eigenvalue weighted by molar-refractivity contribution is 5.56. The Hall–Kier alpha value is -2.94. The van der Waals surface area contributed by atoms with Crippen molar-refractivity contribution in [1.82, 2.24) is 0 Å². The van der Waals surface area contributed by atoms with Crippen LogP contribution in [0.4, 0.5) is 5.69 Å². The summed E-state index contributed by atoms with van der Waals surface area (Å²) in [5, 5.41) is 3.48. The van der Waals surface area contributed by atoms with E-state index in [0.717, 1.165) is 35.6 Å². The van der Waals surface area contributed by atoms with E-state index in [1.807, 2.05) is 49.4 Å². The molecular formula is C24H27NO2. The standard InChI is InChI=1S/C24H27NO2/c1-2-26-23-16-8-6-14-21(23)19-25-22-15-7-9-17-24(22)27-18-10-13-20-11-4-3-5-12-20/h3-9,11-12,14-17,25H,2,10,13,18-19H2,1H3. The van der Waals surface area contributed by atoms with Crippen molar-refractivity contribution in [3.63, 3.8) is 0 Å². The molecule has 0 aliphatic carbocycles. The number of hydrogen-bond acceptors (Lipinski definition) is 3. The summed E-state index contributed by atoms with van der Waals surface area (Å²) < 4.78 is 11.7. The molecule has 3 rings (SSSR count). The predicted octanol–water partition coefficient (Wildman–Crippen LogP) is 5.71. The van der Waals surface area contributed by atoms with Crippen LogP contribution in [0.3, 0.4) is 0 Å². The Morgan fingerprint density at radius 2 is 1.44 bits per heavy atom. The monoisotopic (exact) mass is 361 g/mol. The van der Waals surface area contributed by atoms with Crippen molar-refractivity contribution in [3.8, 4) is 11.5 Å². The summed E-state index contributed by atoms with van der Waals surface area (Å²) in [7, 11) is 0. The number of anilines is 1. The van der Waals surface area contributed by atoms with Gasteiger partial charge in [-0.05, 0) is 43.5 Å². The lowest BCUT2D eigenvalue weighted by molar-refractivity contribution is 0.312. The molecule has 3 heteroatoms. The first-order valence-corrected chi connectivity index (χ1v) is 9.57. The quantitative estimate of drug-likeness (QED) is 0.469. The Morgan fingerprint density at radius 1 is 0.741 bits per heavy atom. The van der Waals surface area contributed by atoms with Crippen LogP contribution in [-0.2, 0) is 13.0 Å². The summed E-state index contributed by atoms with van der Waals surface area (Å²) in [5.41, 5.74) is 3.49. The van der Waals surface area contributed by atoms with Gasteiger partial charge in [0.1, 0.15) is 11.5 Å². The summed E-state index contributed by atoms with van der Waals surface area (Å²) in [4.78, 5) is 0. The maximum absolute atomic E-state index is 6.03. The Kier molecular flexibility index (Phi) is 7.16. The maximum atomic E-state index is 6.03. The molecular weight excluding hydrogens is 334 g/mol. The van der Waals surface area contributed by atoms with Crippen LogP contribution in [0.5, 0.6) is 11.5 Å². The largest absolute Gasteiger partial charge is 0.494 e. The summed E-state index contributed by atoms with van der Waals surface area (Å²) >= 11 is 0. The van der Waals surface area contributed by atoms with Crippen LogP contribution in [0.15, 0.2) is 78.9 Å². The molecule has 0 saturated heterocycles. The van der Waals surface area contributed by atoms with E-state index in [1.54, 1.807) is 0 Å². The molecule has 1 N–H and O–H groups in total. The fourth-order valence-corrected chi connectivity index (χ4v) is 2.98. The van der Waals surface area contributed by atoms with Gasteiger partial charge in [0.15, 0.2) is 0 Å².